The van der Waals surface area contributed by atoms with Crippen LogP contribution in [-0.4, -0.2) is 23.2 Å². The summed E-state index contributed by atoms with van der Waals surface area (Å²) in [5.41, 5.74) is 1.42. The van der Waals surface area contributed by atoms with Crippen LogP contribution in [-0.2, 0) is 0 Å². The Morgan fingerprint density at radius 2 is 2.09 bits per heavy atom. The molecule has 0 saturated heterocycles. The maximum absolute atomic E-state index is 11.3. The van der Waals surface area contributed by atoms with Gasteiger partial charge in [0.2, 0.25) is 0 Å². The van der Waals surface area contributed by atoms with Gasteiger partial charge in [-0.05, 0) is 41.3 Å². The van der Waals surface area contributed by atoms with Crippen LogP contribution in [0.2, 0.25) is 0 Å². The number of aromatic nitrogens is 1. The highest BCUT2D eigenvalue weighted by Gasteiger charge is 2.15. The van der Waals surface area contributed by atoms with Crippen LogP contribution in [0.3, 0.4) is 0 Å². The molecular formula is C17H13NO3S. The first kappa shape index (κ1) is 14.3. The Morgan fingerprint density at radius 1 is 1.27 bits per heavy atom. The average Bonchev–Trinajstić information content (AvgIpc) is 2.96. The molecule has 0 aliphatic heterocycles. The van der Waals surface area contributed by atoms with Crippen molar-refractivity contribution in [3.8, 4) is 5.75 Å². The topological polar surface area (TPSA) is 59.4 Å². The van der Waals surface area contributed by atoms with Crippen molar-refractivity contribution in [2.75, 3.05) is 7.11 Å². The van der Waals surface area contributed by atoms with Gasteiger partial charge in [-0.2, -0.15) is 0 Å². The number of aromatic carboxylic acids is 1. The van der Waals surface area contributed by atoms with Gasteiger partial charge in [0.1, 0.15) is 5.75 Å². The second kappa shape index (κ2) is 5.61. The molecule has 0 saturated carbocycles. The largest absolute Gasteiger partial charge is 0.497 e. The van der Waals surface area contributed by atoms with Crippen LogP contribution in [0.4, 0.5) is 0 Å². The van der Waals surface area contributed by atoms with Gasteiger partial charge in [0.05, 0.1) is 12.7 Å². The summed E-state index contributed by atoms with van der Waals surface area (Å²) in [6.07, 6.45) is 2.92. The van der Waals surface area contributed by atoms with Crippen LogP contribution in [0.15, 0.2) is 49.3 Å². The zero-order chi connectivity index (χ0) is 15.7. The van der Waals surface area contributed by atoms with Crippen LogP contribution < -0.4 is 4.74 Å². The van der Waals surface area contributed by atoms with E-state index in [1.54, 1.807) is 30.7 Å². The van der Waals surface area contributed by atoms with E-state index in [2.05, 4.69) is 11.6 Å². The minimum atomic E-state index is -1.01. The van der Waals surface area contributed by atoms with Gasteiger partial charge in [0, 0.05) is 27.5 Å². The van der Waals surface area contributed by atoms with E-state index in [9.17, 15) is 9.90 Å². The minimum absolute atomic E-state index is 0.155. The Bertz CT molecular complexity index is 882. The number of rotatable bonds is 4. The van der Waals surface area contributed by atoms with E-state index >= 15 is 0 Å². The maximum atomic E-state index is 11.3. The maximum Gasteiger partial charge on any atom is 0.337 e. The molecule has 22 heavy (non-hydrogen) atoms. The third-order valence-electron chi connectivity index (χ3n) is 3.40. The van der Waals surface area contributed by atoms with Gasteiger partial charge in [-0.1, -0.05) is 6.58 Å². The third kappa shape index (κ3) is 2.46. The second-order valence-corrected chi connectivity index (χ2v) is 5.80. The number of benzene rings is 1. The number of pyridine rings is 1. The number of fused-ring (bicyclic) bond motifs is 1. The second-order valence-electron chi connectivity index (χ2n) is 4.72. The van der Waals surface area contributed by atoms with Crippen LogP contribution in [0.5, 0.6) is 5.75 Å². The highest BCUT2D eigenvalue weighted by molar-refractivity contribution is 7.20. The summed E-state index contributed by atoms with van der Waals surface area (Å²) in [4.78, 5) is 16.1. The first-order valence-electron chi connectivity index (χ1n) is 6.54. The number of methoxy groups -OCH3 is 1. The Kier molecular flexibility index (Phi) is 3.65. The molecule has 3 aromatic rings. The number of thiophene rings is 1. The first-order chi connectivity index (χ1) is 10.6. The monoisotopic (exact) mass is 311 g/mol. The number of carboxylic acid groups (broad SMARTS) is 1. The summed E-state index contributed by atoms with van der Waals surface area (Å²) in [5.74, 6) is -0.218. The van der Waals surface area contributed by atoms with Crippen molar-refractivity contribution in [1.29, 1.82) is 0 Å². The summed E-state index contributed by atoms with van der Waals surface area (Å²) in [5, 5.41) is 10.3. The summed E-state index contributed by atoms with van der Waals surface area (Å²) in [6.45, 7) is 4.06. The number of hydrogen-bond acceptors (Lipinski definition) is 4. The summed E-state index contributed by atoms with van der Waals surface area (Å²) < 4.78 is 6.32. The average molecular weight is 311 g/mol. The zero-order valence-corrected chi connectivity index (χ0v) is 12.7. The molecule has 0 fully saturated rings. The highest BCUT2D eigenvalue weighted by Crippen LogP contribution is 2.35. The number of carboxylic acids is 1. The van der Waals surface area contributed by atoms with Gasteiger partial charge in [-0.25, -0.2) is 4.79 Å². The van der Waals surface area contributed by atoms with Gasteiger partial charge >= 0.3 is 5.97 Å². The number of ether oxygens (including phenoxy) is 1. The molecule has 0 spiro atoms. The molecular weight excluding hydrogens is 298 g/mol. The molecule has 0 radical (unpaired) electrons. The molecule has 2 heterocycles. The van der Waals surface area contributed by atoms with Crippen LogP contribution in [0.1, 0.15) is 20.8 Å². The predicted octanol–water partition coefficient (Wildman–Crippen LogP) is 4.06. The lowest BCUT2D eigenvalue weighted by Gasteiger charge is -2.06. The van der Waals surface area contributed by atoms with E-state index in [0.29, 0.717) is 11.1 Å². The van der Waals surface area contributed by atoms with Gasteiger partial charge < -0.3 is 9.84 Å². The molecule has 0 aliphatic carbocycles. The van der Waals surface area contributed by atoms with Crippen molar-refractivity contribution in [2.24, 2.45) is 0 Å². The Balaban J connectivity index is 2.08. The molecule has 110 valence electrons. The van der Waals surface area contributed by atoms with Crippen LogP contribution in [0.25, 0.3) is 15.7 Å². The summed E-state index contributed by atoms with van der Waals surface area (Å²) >= 11 is 1.57. The Hall–Kier alpha value is -2.66. The third-order valence-corrected chi connectivity index (χ3v) is 4.57. The first-order valence-corrected chi connectivity index (χ1v) is 7.36. The Labute approximate surface area is 131 Å². The SMILES string of the molecule is C=C(c1cc2cc(OC)ccc2s1)c1ccncc1C(=O)O. The van der Waals surface area contributed by atoms with Crippen LogP contribution in [0, 0.1) is 0 Å². The lowest BCUT2D eigenvalue weighted by Crippen LogP contribution is -2.02. The molecule has 0 atom stereocenters. The van der Waals surface area contributed by atoms with E-state index in [1.165, 1.54) is 6.20 Å². The van der Waals surface area contributed by atoms with Gasteiger partial charge in [0.15, 0.2) is 0 Å². The van der Waals surface area contributed by atoms with E-state index in [1.807, 2.05) is 24.3 Å². The fraction of sp³-hybridized carbons (Fsp3) is 0.0588. The smallest absolute Gasteiger partial charge is 0.337 e. The standard InChI is InChI=1S/C17H13NO3S/c1-10(13-5-6-18-9-14(13)17(19)20)16-8-11-7-12(21-2)3-4-15(11)22-16/h3-9H,1H2,2H3,(H,19,20). The van der Waals surface area contributed by atoms with Crippen molar-refractivity contribution in [1.82, 2.24) is 4.98 Å². The predicted molar refractivity (Wildman–Crippen MR) is 87.7 cm³/mol. The fourth-order valence-corrected chi connectivity index (χ4v) is 3.29. The molecule has 0 bridgehead atoms. The summed E-state index contributed by atoms with van der Waals surface area (Å²) in [7, 11) is 1.63. The lowest BCUT2D eigenvalue weighted by atomic mass is 10.0. The van der Waals surface area contributed by atoms with Gasteiger partial charge in [-0.15, -0.1) is 11.3 Å². The molecule has 4 nitrogen and oxygen atoms in total. The number of carbonyl (C=O) groups is 1. The highest BCUT2D eigenvalue weighted by atomic mass is 32.1. The zero-order valence-electron chi connectivity index (χ0n) is 11.9. The number of nitrogens with zero attached hydrogens (tertiary/aromatic N) is 1. The van der Waals surface area contributed by atoms with Crippen molar-refractivity contribution in [2.45, 2.75) is 0 Å². The Morgan fingerprint density at radius 3 is 2.82 bits per heavy atom. The van der Waals surface area contributed by atoms with Crippen molar-refractivity contribution in [3.63, 3.8) is 0 Å². The minimum Gasteiger partial charge on any atom is -0.497 e. The molecule has 1 N–H and O–H groups in total. The normalized spacial score (nSPS) is 10.6. The fourth-order valence-electron chi connectivity index (χ4n) is 2.26. The summed E-state index contributed by atoms with van der Waals surface area (Å²) in [6, 6.07) is 9.52. The van der Waals surface area contributed by atoms with E-state index in [-0.39, 0.29) is 5.56 Å². The van der Waals surface area contributed by atoms with E-state index in [4.69, 9.17) is 4.74 Å². The molecule has 0 amide bonds. The quantitative estimate of drug-likeness (QED) is 0.789. The number of hydrogen-bond donors (Lipinski definition) is 1. The van der Waals surface area contributed by atoms with Crippen LogP contribution >= 0.6 is 11.3 Å². The molecule has 2 aromatic heterocycles. The van der Waals surface area contributed by atoms with E-state index in [0.717, 1.165) is 20.7 Å². The van der Waals surface area contributed by atoms with Crippen molar-refractivity contribution < 1.29 is 14.6 Å². The molecule has 0 unspecified atom stereocenters. The lowest BCUT2D eigenvalue weighted by molar-refractivity contribution is 0.0696. The molecule has 1 aromatic carbocycles. The van der Waals surface area contributed by atoms with Gasteiger partial charge in [0.25, 0.3) is 0 Å². The van der Waals surface area contributed by atoms with Crippen molar-refractivity contribution in [3.05, 3.63) is 65.3 Å². The van der Waals surface area contributed by atoms with Gasteiger partial charge in [-0.3, -0.25) is 4.98 Å². The molecule has 5 heteroatoms. The molecule has 3 rings (SSSR count). The molecule has 0 aliphatic rings. The van der Waals surface area contributed by atoms with Crippen molar-refractivity contribution >= 4 is 33.0 Å². The van der Waals surface area contributed by atoms with E-state index < -0.39 is 5.97 Å².